The lowest BCUT2D eigenvalue weighted by Crippen LogP contribution is -2.26. The van der Waals surface area contributed by atoms with E-state index in [4.69, 9.17) is 5.73 Å². The molecule has 1 amide bonds. The fourth-order valence-corrected chi connectivity index (χ4v) is 2.50. The Kier molecular flexibility index (Phi) is 7.67. The number of hydrogen-bond acceptors (Lipinski definition) is 6. The van der Waals surface area contributed by atoms with Crippen molar-refractivity contribution in [2.24, 2.45) is 5.73 Å². The monoisotopic (exact) mass is 355 g/mol. The number of methoxy groups -OCH3 is 1. The standard InChI is InChI=1S/C15H17N3O3S.ClH/c1-21-15(20)11-4-2-10(3-5-11)6-7-17-14(19)12-9-22-13(8-16)18-12;/h2-5,9H,6-8,16H2,1H3,(H,17,19);1H. The summed E-state index contributed by atoms with van der Waals surface area (Å²) in [6.07, 6.45) is 0.668. The van der Waals surface area contributed by atoms with Crippen LogP contribution in [0, 0.1) is 0 Å². The zero-order chi connectivity index (χ0) is 15.9. The summed E-state index contributed by atoms with van der Waals surface area (Å²) in [5.74, 6) is -0.568. The fraction of sp³-hybridized carbons (Fsp3) is 0.267. The van der Waals surface area contributed by atoms with Crippen LogP contribution in [0.1, 0.15) is 31.4 Å². The molecule has 0 atom stereocenters. The number of rotatable bonds is 6. The van der Waals surface area contributed by atoms with E-state index in [0.717, 1.165) is 10.6 Å². The van der Waals surface area contributed by atoms with Crippen molar-refractivity contribution in [3.63, 3.8) is 0 Å². The van der Waals surface area contributed by atoms with Crippen LogP contribution in [0.5, 0.6) is 0 Å². The third-order valence-electron chi connectivity index (χ3n) is 3.03. The first-order valence-corrected chi connectivity index (χ1v) is 7.62. The van der Waals surface area contributed by atoms with Gasteiger partial charge in [0, 0.05) is 18.5 Å². The Balaban J connectivity index is 0.00000264. The van der Waals surface area contributed by atoms with Crippen LogP contribution in [0.15, 0.2) is 29.6 Å². The highest BCUT2D eigenvalue weighted by atomic mass is 35.5. The van der Waals surface area contributed by atoms with Crippen LogP contribution in [0.3, 0.4) is 0 Å². The number of benzene rings is 1. The molecule has 23 heavy (non-hydrogen) atoms. The summed E-state index contributed by atoms with van der Waals surface area (Å²) < 4.78 is 4.64. The molecule has 1 heterocycles. The molecule has 0 aliphatic heterocycles. The van der Waals surface area contributed by atoms with Gasteiger partial charge in [-0.05, 0) is 24.1 Å². The van der Waals surface area contributed by atoms with Crippen LogP contribution >= 0.6 is 23.7 Å². The van der Waals surface area contributed by atoms with E-state index >= 15 is 0 Å². The number of aromatic nitrogens is 1. The number of thiazole rings is 1. The molecule has 0 aliphatic rings. The molecule has 0 saturated heterocycles. The fourth-order valence-electron chi connectivity index (χ4n) is 1.85. The Morgan fingerprint density at radius 3 is 2.57 bits per heavy atom. The molecule has 1 aromatic heterocycles. The number of amides is 1. The molecule has 0 radical (unpaired) electrons. The summed E-state index contributed by atoms with van der Waals surface area (Å²) in [7, 11) is 1.35. The van der Waals surface area contributed by atoms with E-state index in [1.807, 2.05) is 12.1 Å². The Labute approximate surface area is 144 Å². The molecule has 6 nitrogen and oxygen atoms in total. The second-order valence-electron chi connectivity index (χ2n) is 4.53. The van der Waals surface area contributed by atoms with Gasteiger partial charge >= 0.3 is 5.97 Å². The van der Waals surface area contributed by atoms with Gasteiger partial charge in [0.1, 0.15) is 10.7 Å². The number of hydrogen-bond donors (Lipinski definition) is 2. The quantitative estimate of drug-likeness (QED) is 0.770. The average Bonchev–Trinajstić information content (AvgIpc) is 3.04. The number of carbonyl (C=O) groups excluding carboxylic acids is 2. The van der Waals surface area contributed by atoms with E-state index in [0.29, 0.717) is 30.8 Å². The largest absolute Gasteiger partial charge is 0.465 e. The second-order valence-corrected chi connectivity index (χ2v) is 5.47. The average molecular weight is 356 g/mol. The second kappa shape index (κ2) is 9.24. The third-order valence-corrected chi connectivity index (χ3v) is 3.90. The highest BCUT2D eigenvalue weighted by Gasteiger charge is 2.09. The molecule has 0 aliphatic carbocycles. The molecule has 2 aromatic rings. The highest BCUT2D eigenvalue weighted by molar-refractivity contribution is 7.09. The minimum absolute atomic E-state index is 0. The van der Waals surface area contributed by atoms with Crippen LogP contribution < -0.4 is 11.1 Å². The van der Waals surface area contributed by atoms with Crippen LogP contribution in [-0.4, -0.2) is 30.5 Å². The van der Waals surface area contributed by atoms with Crippen LogP contribution in [-0.2, 0) is 17.7 Å². The van der Waals surface area contributed by atoms with Crippen LogP contribution in [0.4, 0.5) is 0 Å². The van der Waals surface area contributed by atoms with Crippen LogP contribution in [0.25, 0.3) is 0 Å². The highest BCUT2D eigenvalue weighted by Crippen LogP contribution is 2.09. The van der Waals surface area contributed by atoms with Crippen molar-refractivity contribution in [2.45, 2.75) is 13.0 Å². The lowest BCUT2D eigenvalue weighted by molar-refractivity contribution is 0.0600. The number of nitrogens with one attached hydrogen (secondary N) is 1. The van der Waals surface area contributed by atoms with E-state index in [-0.39, 0.29) is 24.3 Å². The molecule has 0 spiro atoms. The number of nitrogens with two attached hydrogens (primary N) is 1. The topological polar surface area (TPSA) is 94.3 Å². The smallest absolute Gasteiger partial charge is 0.337 e. The molecule has 0 unspecified atom stereocenters. The van der Waals surface area contributed by atoms with Gasteiger partial charge in [-0.3, -0.25) is 4.79 Å². The normalized spacial score (nSPS) is 9.83. The van der Waals surface area contributed by atoms with Gasteiger partial charge in [0.15, 0.2) is 0 Å². The first-order valence-electron chi connectivity index (χ1n) is 6.74. The Morgan fingerprint density at radius 2 is 2.00 bits per heavy atom. The van der Waals surface area contributed by atoms with Crippen LogP contribution in [0.2, 0.25) is 0 Å². The van der Waals surface area contributed by atoms with Gasteiger partial charge in [0.25, 0.3) is 5.91 Å². The third kappa shape index (κ3) is 5.31. The molecule has 124 valence electrons. The minimum atomic E-state index is -0.362. The van der Waals surface area contributed by atoms with Gasteiger partial charge in [-0.15, -0.1) is 23.7 Å². The maximum Gasteiger partial charge on any atom is 0.337 e. The molecule has 0 bridgehead atoms. The minimum Gasteiger partial charge on any atom is -0.465 e. The first-order chi connectivity index (χ1) is 10.6. The molecule has 0 saturated carbocycles. The summed E-state index contributed by atoms with van der Waals surface area (Å²) in [6.45, 7) is 0.830. The molecular formula is C15H18ClN3O3S. The first kappa shape index (κ1) is 19.1. The van der Waals surface area contributed by atoms with Crippen molar-refractivity contribution in [1.29, 1.82) is 0 Å². The van der Waals surface area contributed by atoms with E-state index in [9.17, 15) is 9.59 Å². The van der Waals surface area contributed by atoms with Gasteiger partial charge in [-0.1, -0.05) is 12.1 Å². The zero-order valence-electron chi connectivity index (χ0n) is 12.6. The molecule has 0 fully saturated rings. The predicted molar refractivity (Wildman–Crippen MR) is 91.1 cm³/mol. The Hall–Kier alpha value is -1.96. The summed E-state index contributed by atoms with van der Waals surface area (Å²) in [4.78, 5) is 27.3. The molecule has 3 N–H and O–H groups in total. The maximum absolute atomic E-state index is 11.9. The van der Waals surface area contributed by atoms with E-state index in [1.54, 1.807) is 17.5 Å². The number of halogens is 1. The maximum atomic E-state index is 11.9. The molecule has 8 heteroatoms. The van der Waals surface area contributed by atoms with Crippen molar-refractivity contribution in [3.8, 4) is 0 Å². The summed E-state index contributed by atoms with van der Waals surface area (Å²) in [5.41, 5.74) is 7.39. The van der Waals surface area contributed by atoms with E-state index < -0.39 is 0 Å². The Morgan fingerprint density at radius 1 is 1.30 bits per heavy atom. The summed E-state index contributed by atoms with van der Waals surface area (Å²) >= 11 is 1.37. The number of ether oxygens (including phenoxy) is 1. The summed E-state index contributed by atoms with van der Waals surface area (Å²) in [5, 5.41) is 5.24. The van der Waals surface area contributed by atoms with Gasteiger partial charge < -0.3 is 15.8 Å². The SMILES string of the molecule is COC(=O)c1ccc(CCNC(=O)c2csc(CN)n2)cc1.Cl. The molecule has 2 rings (SSSR count). The number of nitrogens with zero attached hydrogens (tertiary/aromatic N) is 1. The molecule has 1 aromatic carbocycles. The summed E-state index contributed by atoms with van der Waals surface area (Å²) in [6, 6.07) is 7.09. The van der Waals surface area contributed by atoms with Crippen molar-refractivity contribution in [3.05, 3.63) is 51.5 Å². The molecular weight excluding hydrogens is 338 g/mol. The lowest BCUT2D eigenvalue weighted by atomic mass is 10.1. The zero-order valence-corrected chi connectivity index (χ0v) is 14.2. The van der Waals surface area contributed by atoms with Gasteiger partial charge in [0.2, 0.25) is 0 Å². The predicted octanol–water partition coefficient (Wildman–Crippen LogP) is 1.78. The van der Waals surface area contributed by atoms with Gasteiger partial charge in [-0.25, -0.2) is 9.78 Å². The number of esters is 1. The van der Waals surface area contributed by atoms with Crippen molar-refractivity contribution < 1.29 is 14.3 Å². The van der Waals surface area contributed by atoms with Gasteiger partial charge in [-0.2, -0.15) is 0 Å². The van der Waals surface area contributed by atoms with Gasteiger partial charge in [0.05, 0.1) is 12.7 Å². The number of carbonyl (C=O) groups is 2. The van der Waals surface area contributed by atoms with Crippen molar-refractivity contribution >= 4 is 35.6 Å². The Bertz CT molecular complexity index is 658. The van der Waals surface area contributed by atoms with E-state index in [2.05, 4.69) is 15.0 Å². The van der Waals surface area contributed by atoms with Crippen molar-refractivity contribution in [2.75, 3.05) is 13.7 Å². The van der Waals surface area contributed by atoms with E-state index in [1.165, 1.54) is 18.4 Å². The lowest BCUT2D eigenvalue weighted by Gasteiger charge is -2.05. The van der Waals surface area contributed by atoms with Crippen molar-refractivity contribution in [1.82, 2.24) is 10.3 Å².